The lowest BCUT2D eigenvalue weighted by atomic mass is 9.98. The Morgan fingerprint density at radius 2 is 2.15 bits per heavy atom. The third-order valence-corrected chi connectivity index (χ3v) is 3.74. The molecule has 20 heavy (non-hydrogen) atoms. The summed E-state index contributed by atoms with van der Waals surface area (Å²) in [6.07, 6.45) is 0.984. The van der Waals surface area contributed by atoms with E-state index in [1.165, 1.54) is 31.1 Å². The molecule has 1 unspecified atom stereocenters. The van der Waals surface area contributed by atoms with Crippen LogP contribution in [0.2, 0.25) is 0 Å². The lowest BCUT2D eigenvalue weighted by Gasteiger charge is -2.31. The van der Waals surface area contributed by atoms with Crippen LogP contribution in [0, 0.1) is 5.82 Å². The summed E-state index contributed by atoms with van der Waals surface area (Å²) < 4.78 is 18.4. The zero-order valence-corrected chi connectivity index (χ0v) is 11.4. The first kappa shape index (κ1) is 14.3. The number of hydrogen-bond acceptors (Lipinski definition) is 3. The largest absolute Gasteiger partial charge is 0.496 e. The van der Waals surface area contributed by atoms with E-state index in [4.69, 9.17) is 4.74 Å². The summed E-state index contributed by atoms with van der Waals surface area (Å²) in [7, 11) is 1.38. The van der Waals surface area contributed by atoms with Crippen molar-refractivity contribution >= 4 is 11.9 Å². The molecule has 0 bridgehead atoms. The molecule has 1 saturated heterocycles. The molecule has 0 spiro atoms. The zero-order chi connectivity index (χ0) is 14.9. The lowest BCUT2D eigenvalue weighted by Crippen LogP contribution is -2.50. The quantitative estimate of drug-likeness (QED) is 0.919. The molecule has 0 saturated carbocycles. The highest BCUT2D eigenvalue weighted by atomic mass is 19.1. The maximum absolute atomic E-state index is 13.3. The second kappa shape index (κ2) is 5.11. The molecule has 1 aromatic rings. The molecule has 1 heterocycles. The van der Waals surface area contributed by atoms with Gasteiger partial charge < -0.3 is 14.7 Å². The topological polar surface area (TPSA) is 66.8 Å². The lowest BCUT2D eigenvalue weighted by molar-refractivity contribution is -0.147. The van der Waals surface area contributed by atoms with Crippen molar-refractivity contribution in [2.75, 3.05) is 13.7 Å². The molecule has 2 rings (SSSR count). The van der Waals surface area contributed by atoms with Gasteiger partial charge in [-0.1, -0.05) is 0 Å². The predicted molar refractivity (Wildman–Crippen MR) is 69.3 cm³/mol. The fourth-order valence-corrected chi connectivity index (χ4v) is 2.50. The average molecular weight is 281 g/mol. The standard InChI is InChI=1S/C14H16FNO4/c1-14(13(18)19)6-3-7-16(14)12(17)10-8-9(15)4-5-11(10)20-2/h4-5,8H,3,6-7H2,1-2H3,(H,18,19). The fourth-order valence-electron chi connectivity index (χ4n) is 2.50. The van der Waals surface area contributed by atoms with Gasteiger partial charge >= 0.3 is 5.97 Å². The van der Waals surface area contributed by atoms with Crippen LogP contribution in [-0.4, -0.2) is 41.1 Å². The Hall–Kier alpha value is -2.11. The SMILES string of the molecule is COc1ccc(F)cc1C(=O)N1CCCC1(C)C(=O)O. The van der Waals surface area contributed by atoms with E-state index in [-0.39, 0.29) is 11.3 Å². The number of carbonyl (C=O) groups excluding carboxylic acids is 1. The number of rotatable bonds is 3. The van der Waals surface area contributed by atoms with Crippen LogP contribution in [0.1, 0.15) is 30.1 Å². The van der Waals surface area contributed by atoms with E-state index in [1.807, 2.05) is 0 Å². The van der Waals surface area contributed by atoms with E-state index >= 15 is 0 Å². The number of methoxy groups -OCH3 is 1. The van der Waals surface area contributed by atoms with Crippen molar-refractivity contribution in [3.05, 3.63) is 29.6 Å². The molecular formula is C14H16FNO4. The van der Waals surface area contributed by atoms with Crippen molar-refractivity contribution in [3.8, 4) is 5.75 Å². The number of amides is 1. The molecule has 1 aromatic carbocycles. The first-order valence-electron chi connectivity index (χ1n) is 6.29. The number of nitrogens with zero attached hydrogens (tertiary/aromatic N) is 1. The van der Waals surface area contributed by atoms with Crippen molar-refractivity contribution in [2.45, 2.75) is 25.3 Å². The Bertz CT molecular complexity index is 560. The second-order valence-electron chi connectivity index (χ2n) is 4.98. The van der Waals surface area contributed by atoms with Gasteiger partial charge in [0, 0.05) is 6.54 Å². The Kier molecular flexibility index (Phi) is 3.65. The summed E-state index contributed by atoms with van der Waals surface area (Å²) in [5.41, 5.74) is -1.21. The number of likely N-dealkylation sites (tertiary alicyclic amines) is 1. The Labute approximate surface area is 116 Å². The minimum atomic E-state index is -1.26. The number of ether oxygens (including phenoxy) is 1. The highest BCUT2D eigenvalue weighted by Gasteiger charge is 2.46. The van der Waals surface area contributed by atoms with Crippen LogP contribution in [-0.2, 0) is 4.79 Å². The van der Waals surface area contributed by atoms with Crippen LogP contribution < -0.4 is 4.74 Å². The minimum Gasteiger partial charge on any atom is -0.496 e. The van der Waals surface area contributed by atoms with Crippen molar-refractivity contribution in [2.24, 2.45) is 0 Å². The highest BCUT2D eigenvalue weighted by molar-refractivity contribution is 6.00. The van der Waals surface area contributed by atoms with Crippen LogP contribution in [0.5, 0.6) is 5.75 Å². The molecule has 0 aliphatic carbocycles. The van der Waals surface area contributed by atoms with Gasteiger partial charge in [-0.15, -0.1) is 0 Å². The number of carboxylic acid groups (broad SMARTS) is 1. The second-order valence-corrected chi connectivity index (χ2v) is 4.98. The number of hydrogen-bond donors (Lipinski definition) is 1. The first-order valence-corrected chi connectivity index (χ1v) is 6.29. The van der Waals surface area contributed by atoms with Gasteiger partial charge in [-0.05, 0) is 38.0 Å². The third kappa shape index (κ3) is 2.21. The summed E-state index contributed by atoms with van der Waals surface area (Å²) in [5, 5.41) is 9.32. The van der Waals surface area contributed by atoms with E-state index in [9.17, 15) is 19.1 Å². The predicted octanol–water partition coefficient (Wildman–Crippen LogP) is 1.91. The van der Waals surface area contributed by atoms with Gasteiger partial charge in [0.05, 0.1) is 12.7 Å². The summed E-state index contributed by atoms with van der Waals surface area (Å²) in [5.74, 6) is -1.91. The number of carbonyl (C=O) groups is 2. The molecule has 6 heteroatoms. The third-order valence-electron chi connectivity index (χ3n) is 3.74. The summed E-state index contributed by atoms with van der Waals surface area (Å²) in [6.45, 7) is 1.84. The van der Waals surface area contributed by atoms with Gasteiger partial charge in [0.1, 0.15) is 17.1 Å². The molecule has 108 valence electrons. The van der Waals surface area contributed by atoms with E-state index in [0.29, 0.717) is 19.4 Å². The molecular weight excluding hydrogens is 265 g/mol. The molecule has 0 aromatic heterocycles. The molecule has 1 amide bonds. The minimum absolute atomic E-state index is 0.0434. The van der Waals surface area contributed by atoms with Gasteiger partial charge in [-0.25, -0.2) is 9.18 Å². The number of benzene rings is 1. The molecule has 5 nitrogen and oxygen atoms in total. The highest BCUT2D eigenvalue weighted by Crippen LogP contribution is 2.32. The Morgan fingerprint density at radius 3 is 2.75 bits per heavy atom. The van der Waals surface area contributed by atoms with Crippen molar-refractivity contribution in [1.82, 2.24) is 4.90 Å². The average Bonchev–Trinajstić information content (AvgIpc) is 2.81. The smallest absolute Gasteiger partial charge is 0.329 e. The van der Waals surface area contributed by atoms with Crippen LogP contribution in [0.15, 0.2) is 18.2 Å². The molecule has 0 radical (unpaired) electrons. The summed E-state index contributed by atoms with van der Waals surface area (Å²) in [4.78, 5) is 25.2. The summed E-state index contributed by atoms with van der Waals surface area (Å²) >= 11 is 0. The van der Waals surface area contributed by atoms with E-state index in [1.54, 1.807) is 0 Å². The summed E-state index contributed by atoms with van der Waals surface area (Å²) in [6, 6.07) is 3.62. The van der Waals surface area contributed by atoms with Crippen LogP contribution >= 0.6 is 0 Å². The van der Waals surface area contributed by atoms with E-state index in [0.717, 1.165) is 6.07 Å². The zero-order valence-electron chi connectivity index (χ0n) is 11.4. The first-order chi connectivity index (χ1) is 9.40. The normalized spacial score (nSPS) is 21.9. The van der Waals surface area contributed by atoms with Crippen LogP contribution in [0.3, 0.4) is 0 Å². The van der Waals surface area contributed by atoms with Gasteiger partial charge in [-0.2, -0.15) is 0 Å². The van der Waals surface area contributed by atoms with Gasteiger partial charge in [0.25, 0.3) is 5.91 Å². The van der Waals surface area contributed by atoms with E-state index < -0.39 is 23.2 Å². The molecule has 1 aliphatic heterocycles. The Morgan fingerprint density at radius 1 is 1.45 bits per heavy atom. The fraction of sp³-hybridized carbons (Fsp3) is 0.429. The molecule has 1 N–H and O–H groups in total. The van der Waals surface area contributed by atoms with Gasteiger partial charge in [0.15, 0.2) is 0 Å². The van der Waals surface area contributed by atoms with E-state index in [2.05, 4.69) is 0 Å². The number of halogens is 1. The number of carboxylic acids is 1. The van der Waals surface area contributed by atoms with Crippen molar-refractivity contribution < 1.29 is 23.8 Å². The molecule has 1 aliphatic rings. The van der Waals surface area contributed by atoms with Crippen LogP contribution in [0.25, 0.3) is 0 Å². The Balaban J connectivity index is 2.41. The van der Waals surface area contributed by atoms with Crippen molar-refractivity contribution in [3.63, 3.8) is 0 Å². The van der Waals surface area contributed by atoms with Gasteiger partial charge in [-0.3, -0.25) is 4.79 Å². The molecule has 1 fully saturated rings. The van der Waals surface area contributed by atoms with Crippen molar-refractivity contribution in [1.29, 1.82) is 0 Å². The van der Waals surface area contributed by atoms with Gasteiger partial charge in [0.2, 0.25) is 0 Å². The maximum atomic E-state index is 13.3. The monoisotopic (exact) mass is 281 g/mol. The maximum Gasteiger partial charge on any atom is 0.329 e. The van der Waals surface area contributed by atoms with Crippen LogP contribution in [0.4, 0.5) is 4.39 Å². The number of aliphatic carboxylic acids is 1. The molecule has 1 atom stereocenters.